The largest absolute Gasteiger partial charge is 0.504 e. The summed E-state index contributed by atoms with van der Waals surface area (Å²) in [5.41, 5.74) is 2.38. The number of aromatic hydroxyl groups is 1. The van der Waals surface area contributed by atoms with Crippen molar-refractivity contribution >= 4 is 11.9 Å². The summed E-state index contributed by atoms with van der Waals surface area (Å²) in [5, 5.41) is 15.3. The van der Waals surface area contributed by atoms with Gasteiger partial charge in [0.05, 0.1) is 31.0 Å². The molecule has 0 aliphatic carbocycles. The summed E-state index contributed by atoms with van der Waals surface area (Å²) < 4.78 is 18.2. The highest BCUT2D eigenvalue weighted by Crippen LogP contribution is 2.36. The lowest BCUT2D eigenvalue weighted by molar-refractivity contribution is -0.126. The van der Waals surface area contributed by atoms with Crippen molar-refractivity contribution in [2.24, 2.45) is 0 Å². The molecule has 1 atom stereocenters. The van der Waals surface area contributed by atoms with E-state index in [-0.39, 0.29) is 29.8 Å². The van der Waals surface area contributed by atoms with E-state index >= 15 is 0 Å². The lowest BCUT2D eigenvalue weighted by atomic mass is 9.96. The van der Waals surface area contributed by atoms with Gasteiger partial charge < -0.3 is 25.4 Å². The van der Waals surface area contributed by atoms with Crippen LogP contribution in [0.15, 0.2) is 53.7 Å². The highest BCUT2D eigenvalue weighted by atomic mass is 19.1. The SMILES string of the molecule is COc1cc([C@H]2NC(=O)NC3=C2C(=O)N(Cc2ccc(F)cc2)C3)ccc1O. The quantitative estimate of drug-likeness (QED) is 0.755. The van der Waals surface area contributed by atoms with Crippen LogP contribution in [-0.4, -0.2) is 35.6 Å². The van der Waals surface area contributed by atoms with Gasteiger partial charge >= 0.3 is 6.03 Å². The zero-order valence-electron chi connectivity index (χ0n) is 15.0. The molecule has 3 N–H and O–H groups in total. The van der Waals surface area contributed by atoms with Crippen molar-refractivity contribution in [3.05, 3.63) is 70.7 Å². The molecule has 28 heavy (non-hydrogen) atoms. The van der Waals surface area contributed by atoms with Crippen LogP contribution in [-0.2, 0) is 11.3 Å². The predicted molar refractivity (Wildman–Crippen MR) is 97.9 cm³/mol. The van der Waals surface area contributed by atoms with Gasteiger partial charge in [0.1, 0.15) is 5.82 Å². The molecule has 0 bridgehead atoms. The molecule has 2 aromatic carbocycles. The van der Waals surface area contributed by atoms with E-state index in [0.717, 1.165) is 5.56 Å². The summed E-state index contributed by atoms with van der Waals surface area (Å²) in [6, 6.07) is 9.55. The van der Waals surface area contributed by atoms with Crippen LogP contribution >= 0.6 is 0 Å². The highest BCUT2D eigenvalue weighted by Gasteiger charge is 2.40. The summed E-state index contributed by atoms with van der Waals surface area (Å²) in [6.07, 6.45) is 0. The van der Waals surface area contributed by atoms with E-state index in [4.69, 9.17) is 4.74 Å². The number of phenols is 1. The van der Waals surface area contributed by atoms with E-state index in [1.165, 1.54) is 25.3 Å². The molecule has 0 spiro atoms. The molecule has 0 fully saturated rings. The Balaban J connectivity index is 1.63. The van der Waals surface area contributed by atoms with Gasteiger partial charge in [-0.2, -0.15) is 0 Å². The number of phenolic OH excluding ortho intramolecular Hbond substituents is 1. The van der Waals surface area contributed by atoms with Crippen LogP contribution in [0.5, 0.6) is 11.5 Å². The van der Waals surface area contributed by atoms with Gasteiger partial charge in [-0.1, -0.05) is 18.2 Å². The van der Waals surface area contributed by atoms with E-state index in [0.29, 0.717) is 23.4 Å². The molecule has 0 aromatic heterocycles. The van der Waals surface area contributed by atoms with E-state index in [1.54, 1.807) is 29.2 Å². The van der Waals surface area contributed by atoms with Crippen LogP contribution in [0.2, 0.25) is 0 Å². The van der Waals surface area contributed by atoms with Gasteiger partial charge in [-0.15, -0.1) is 0 Å². The minimum Gasteiger partial charge on any atom is -0.504 e. The lowest BCUT2D eigenvalue weighted by Crippen LogP contribution is -2.44. The van der Waals surface area contributed by atoms with E-state index < -0.39 is 12.1 Å². The number of carbonyl (C=O) groups excluding carboxylic acids is 2. The average Bonchev–Trinajstić information content (AvgIpc) is 2.98. The minimum absolute atomic E-state index is 0.0311. The number of methoxy groups -OCH3 is 1. The Morgan fingerprint density at radius 1 is 1.21 bits per heavy atom. The van der Waals surface area contributed by atoms with Crippen LogP contribution < -0.4 is 15.4 Å². The minimum atomic E-state index is -0.663. The number of carbonyl (C=O) groups is 2. The van der Waals surface area contributed by atoms with Crippen LogP contribution in [0.25, 0.3) is 0 Å². The first kappa shape index (κ1) is 17.8. The van der Waals surface area contributed by atoms with Crippen molar-refractivity contribution in [1.29, 1.82) is 0 Å². The van der Waals surface area contributed by atoms with E-state index in [2.05, 4.69) is 10.6 Å². The second kappa shape index (κ2) is 6.88. The first-order valence-electron chi connectivity index (χ1n) is 8.67. The molecule has 144 valence electrons. The number of hydrogen-bond acceptors (Lipinski definition) is 4. The number of benzene rings is 2. The third-order valence-corrected chi connectivity index (χ3v) is 4.84. The first-order chi connectivity index (χ1) is 13.5. The topological polar surface area (TPSA) is 90.9 Å². The summed E-state index contributed by atoms with van der Waals surface area (Å²) in [6.45, 7) is 0.554. The van der Waals surface area contributed by atoms with Gasteiger partial charge in [0, 0.05) is 6.54 Å². The number of amides is 3. The summed E-state index contributed by atoms with van der Waals surface area (Å²) in [7, 11) is 1.43. The van der Waals surface area contributed by atoms with Gasteiger partial charge in [-0.05, 0) is 35.4 Å². The first-order valence-corrected chi connectivity index (χ1v) is 8.67. The number of ether oxygens (including phenoxy) is 1. The molecule has 0 unspecified atom stereocenters. The Hall–Kier alpha value is -3.55. The molecule has 4 rings (SSSR count). The molecule has 2 aliphatic rings. The zero-order chi connectivity index (χ0) is 19.8. The Kier molecular flexibility index (Phi) is 4.38. The number of hydrogen-bond donors (Lipinski definition) is 3. The number of rotatable bonds is 4. The Labute approximate surface area is 160 Å². The van der Waals surface area contributed by atoms with Crippen molar-refractivity contribution in [3.63, 3.8) is 0 Å². The summed E-state index contributed by atoms with van der Waals surface area (Å²) >= 11 is 0. The Morgan fingerprint density at radius 2 is 1.96 bits per heavy atom. The third-order valence-electron chi connectivity index (χ3n) is 4.84. The fourth-order valence-corrected chi connectivity index (χ4v) is 3.49. The number of halogens is 1. The van der Waals surface area contributed by atoms with Crippen molar-refractivity contribution in [3.8, 4) is 11.5 Å². The van der Waals surface area contributed by atoms with Gasteiger partial charge in [0.2, 0.25) is 0 Å². The fourth-order valence-electron chi connectivity index (χ4n) is 3.49. The molecule has 3 amide bonds. The molecular formula is C20H18FN3O4. The van der Waals surface area contributed by atoms with Crippen LogP contribution in [0.3, 0.4) is 0 Å². The number of nitrogens with zero attached hydrogens (tertiary/aromatic N) is 1. The third kappa shape index (κ3) is 3.13. The van der Waals surface area contributed by atoms with E-state index in [9.17, 15) is 19.1 Å². The predicted octanol–water partition coefficient (Wildman–Crippen LogP) is 2.19. The monoisotopic (exact) mass is 383 g/mol. The second-order valence-electron chi connectivity index (χ2n) is 6.64. The summed E-state index contributed by atoms with van der Waals surface area (Å²) in [4.78, 5) is 26.7. The van der Waals surface area contributed by atoms with Gasteiger partial charge in [-0.3, -0.25) is 4.79 Å². The number of nitrogens with one attached hydrogen (secondary N) is 2. The number of urea groups is 1. The molecule has 2 aromatic rings. The van der Waals surface area contributed by atoms with Crippen LogP contribution in [0.1, 0.15) is 17.2 Å². The summed E-state index contributed by atoms with van der Waals surface area (Å²) in [5.74, 6) is -0.340. The lowest BCUT2D eigenvalue weighted by Gasteiger charge is -2.26. The van der Waals surface area contributed by atoms with Crippen LogP contribution in [0.4, 0.5) is 9.18 Å². The van der Waals surface area contributed by atoms with Crippen molar-refractivity contribution in [1.82, 2.24) is 15.5 Å². The molecule has 2 heterocycles. The zero-order valence-corrected chi connectivity index (χ0v) is 15.0. The standard InChI is InChI=1S/C20H18FN3O4/c1-28-16-8-12(4-7-15(16)25)18-17-14(22-20(27)23-18)10-24(19(17)26)9-11-2-5-13(21)6-3-11/h2-8,18,25H,9-10H2,1H3,(H2,22,23,27)/t18-/m1/s1. The molecule has 0 saturated heterocycles. The van der Waals surface area contributed by atoms with Gasteiger partial charge in [0.15, 0.2) is 11.5 Å². The fraction of sp³-hybridized carbons (Fsp3) is 0.200. The van der Waals surface area contributed by atoms with Gasteiger partial charge in [-0.25, -0.2) is 9.18 Å². The molecule has 0 saturated carbocycles. The molecule has 2 aliphatic heterocycles. The van der Waals surface area contributed by atoms with E-state index in [1.807, 2.05) is 0 Å². The van der Waals surface area contributed by atoms with Crippen molar-refractivity contribution < 1.29 is 23.8 Å². The Bertz CT molecular complexity index is 987. The van der Waals surface area contributed by atoms with Gasteiger partial charge in [0.25, 0.3) is 5.91 Å². The maximum absolute atomic E-state index is 13.1. The maximum Gasteiger partial charge on any atom is 0.319 e. The molecule has 0 radical (unpaired) electrons. The second-order valence-corrected chi connectivity index (χ2v) is 6.64. The highest BCUT2D eigenvalue weighted by molar-refractivity contribution is 6.01. The average molecular weight is 383 g/mol. The molecule has 8 heteroatoms. The molecular weight excluding hydrogens is 365 g/mol. The normalized spacial score (nSPS) is 18.6. The van der Waals surface area contributed by atoms with Crippen LogP contribution in [0, 0.1) is 5.82 Å². The van der Waals surface area contributed by atoms with Crippen molar-refractivity contribution in [2.75, 3.05) is 13.7 Å². The van der Waals surface area contributed by atoms with Crippen molar-refractivity contribution in [2.45, 2.75) is 12.6 Å². The Morgan fingerprint density at radius 3 is 2.68 bits per heavy atom. The maximum atomic E-state index is 13.1. The smallest absolute Gasteiger partial charge is 0.319 e. The molecule has 7 nitrogen and oxygen atoms in total.